The normalized spacial score (nSPS) is 11.6. The molecule has 0 N–H and O–H groups in total. The first-order chi connectivity index (χ1) is 27.7. The van der Waals surface area contributed by atoms with Crippen molar-refractivity contribution in [1.29, 1.82) is 0 Å². The lowest BCUT2D eigenvalue weighted by Gasteiger charge is -2.10. The third-order valence-electron chi connectivity index (χ3n) is 10.6. The van der Waals surface area contributed by atoms with E-state index in [4.69, 9.17) is 19.4 Å². The first-order valence-corrected chi connectivity index (χ1v) is 19.5. The Morgan fingerprint density at radius 2 is 0.929 bits per heavy atom. The van der Waals surface area contributed by atoms with Crippen molar-refractivity contribution in [3.63, 3.8) is 0 Å². The lowest BCUT2D eigenvalue weighted by Crippen LogP contribution is -2.00. The second kappa shape index (κ2) is 13.3. The number of para-hydroxylation sites is 1. The minimum atomic E-state index is 0.593. The zero-order chi connectivity index (χ0) is 37.0. The van der Waals surface area contributed by atoms with Crippen LogP contribution < -0.4 is 0 Å². The quantitative estimate of drug-likeness (QED) is 0.171. The number of benzene rings is 8. The molecule has 0 bridgehead atoms. The number of hydrogen-bond donors (Lipinski definition) is 0. The minimum Gasteiger partial charge on any atom is -0.455 e. The van der Waals surface area contributed by atoms with Gasteiger partial charge in [0.15, 0.2) is 17.5 Å². The van der Waals surface area contributed by atoms with Gasteiger partial charge in [-0.2, -0.15) is 0 Å². The van der Waals surface area contributed by atoms with E-state index in [1.807, 2.05) is 36.4 Å². The first kappa shape index (κ1) is 32.2. The molecule has 262 valence electrons. The lowest BCUT2D eigenvalue weighted by molar-refractivity contribution is 0.670. The van der Waals surface area contributed by atoms with Crippen LogP contribution in [0, 0.1) is 0 Å². The summed E-state index contributed by atoms with van der Waals surface area (Å²) in [5.74, 6) is 1.86. The van der Waals surface area contributed by atoms with E-state index in [0.717, 1.165) is 60.0 Å². The van der Waals surface area contributed by atoms with Gasteiger partial charge in [0.2, 0.25) is 0 Å². The molecule has 0 unspecified atom stereocenters. The molecule has 0 saturated heterocycles. The molecular formula is C51H31N3OS. The fraction of sp³-hybridized carbons (Fsp3) is 0. The average Bonchev–Trinajstić information content (AvgIpc) is 3.85. The summed E-state index contributed by atoms with van der Waals surface area (Å²) in [6.45, 7) is 0. The van der Waals surface area contributed by atoms with Crippen LogP contribution in [0.15, 0.2) is 192 Å². The lowest BCUT2D eigenvalue weighted by atomic mass is 9.93. The monoisotopic (exact) mass is 733 g/mol. The zero-order valence-electron chi connectivity index (χ0n) is 30.1. The Kier molecular flexibility index (Phi) is 7.64. The third kappa shape index (κ3) is 5.48. The molecular weight excluding hydrogens is 703 g/mol. The van der Waals surface area contributed by atoms with E-state index in [1.54, 1.807) is 11.3 Å². The highest BCUT2D eigenvalue weighted by molar-refractivity contribution is 7.26. The van der Waals surface area contributed by atoms with Gasteiger partial charge >= 0.3 is 0 Å². The van der Waals surface area contributed by atoms with Gasteiger partial charge in [-0.1, -0.05) is 158 Å². The van der Waals surface area contributed by atoms with Crippen molar-refractivity contribution in [3.05, 3.63) is 188 Å². The standard InChI is InChI=1S/C51H31N3OS/c1-4-14-32(15-5-1)35-27-29-46-44(30-35)42-24-13-25-43(48(42)56-46)51-53-49(34-18-8-3-9-19-34)52-50(54-51)36-26-28-39-41-23-12-22-40(47(41)55-45(39)31-36)38-21-11-10-20-37(38)33-16-6-2-7-17-33/h1-31H. The van der Waals surface area contributed by atoms with Crippen LogP contribution in [0.2, 0.25) is 0 Å². The van der Waals surface area contributed by atoms with Crippen LogP contribution in [-0.2, 0) is 0 Å². The fourth-order valence-electron chi connectivity index (χ4n) is 7.86. The number of fused-ring (bicyclic) bond motifs is 6. The third-order valence-corrected chi connectivity index (χ3v) is 11.8. The SMILES string of the molecule is c1ccc(-c2ccc3sc4c(-c5nc(-c6ccccc6)nc(-c6ccc7c(c6)oc6c(-c8ccccc8-c8ccccc8)cccc67)n5)cccc4c3c2)cc1. The van der Waals surface area contributed by atoms with Crippen LogP contribution >= 0.6 is 11.3 Å². The van der Waals surface area contributed by atoms with Crippen LogP contribution in [0.25, 0.3) is 110 Å². The molecule has 0 aliphatic carbocycles. The topological polar surface area (TPSA) is 51.8 Å². The van der Waals surface area contributed by atoms with Gasteiger partial charge in [0.05, 0.1) is 0 Å². The predicted octanol–water partition coefficient (Wildman–Crippen LogP) is 14.1. The van der Waals surface area contributed by atoms with Crippen LogP contribution in [0.3, 0.4) is 0 Å². The number of thiophene rings is 1. The van der Waals surface area contributed by atoms with Gasteiger partial charge in [0.25, 0.3) is 0 Å². The van der Waals surface area contributed by atoms with Crippen LogP contribution in [0.1, 0.15) is 0 Å². The summed E-state index contributed by atoms with van der Waals surface area (Å²) >= 11 is 1.78. The average molecular weight is 734 g/mol. The first-order valence-electron chi connectivity index (χ1n) is 18.7. The molecule has 0 amide bonds. The van der Waals surface area contributed by atoms with E-state index in [1.165, 1.54) is 32.2 Å². The van der Waals surface area contributed by atoms with E-state index in [-0.39, 0.29) is 0 Å². The van der Waals surface area contributed by atoms with E-state index >= 15 is 0 Å². The molecule has 0 atom stereocenters. The maximum Gasteiger partial charge on any atom is 0.165 e. The summed E-state index contributed by atoms with van der Waals surface area (Å²) in [6, 6.07) is 65.6. The molecule has 0 saturated carbocycles. The Morgan fingerprint density at radius 3 is 1.70 bits per heavy atom. The zero-order valence-corrected chi connectivity index (χ0v) is 30.9. The number of furan rings is 1. The summed E-state index contributed by atoms with van der Waals surface area (Å²) in [7, 11) is 0. The Balaban J connectivity index is 1.07. The smallest absolute Gasteiger partial charge is 0.165 e. The van der Waals surface area contributed by atoms with Gasteiger partial charge in [0.1, 0.15) is 11.2 Å². The highest BCUT2D eigenvalue weighted by Gasteiger charge is 2.19. The molecule has 11 rings (SSSR count). The number of hydrogen-bond acceptors (Lipinski definition) is 5. The summed E-state index contributed by atoms with van der Waals surface area (Å²) in [5.41, 5.74) is 11.3. The fourth-order valence-corrected chi connectivity index (χ4v) is 9.06. The van der Waals surface area contributed by atoms with E-state index in [9.17, 15) is 0 Å². The maximum atomic E-state index is 6.78. The van der Waals surface area contributed by atoms with Gasteiger partial charge < -0.3 is 4.42 Å². The highest BCUT2D eigenvalue weighted by Crippen LogP contribution is 2.43. The highest BCUT2D eigenvalue weighted by atomic mass is 32.1. The molecule has 8 aromatic carbocycles. The van der Waals surface area contributed by atoms with Crippen molar-refractivity contribution in [2.45, 2.75) is 0 Å². The van der Waals surface area contributed by atoms with E-state index in [2.05, 4.69) is 152 Å². The van der Waals surface area contributed by atoms with Crippen LogP contribution in [0.5, 0.6) is 0 Å². The summed E-state index contributed by atoms with van der Waals surface area (Å²) in [5, 5.41) is 4.54. The Morgan fingerprint density at radius 1 is 0.339 bits per heavy atom. The van der Waals surface area contributed by atoms with Crippen molar-refractivity contribution >= 4 is 53.4 Å². The van der Waals surface area contributed by atoms with E-state index in [0.29, 0.717) is 17.5 Å². The number of aromatic nitrogens is 3. The summed E-state index contributed by atoms with van der Waals surface area (Å²) in [4.78, 5) is 15.4. The molecule has 4 nitrogen and oxygen atoms in total. The Hall–Kier alpha value is -7.21. The van der Waals surface area contributed by atoms with Gasteiger partial charge in [-0.05, 0) is 58.1 Å². The number of rotatable bonds is 6. The second-order valence-electron chi connectivity index (χ2n) is 13.9. The molecule has 0 aliphatic rings. The molecule has 0 aliphatic heterocycles. The largest absolute Gasteiger partial charge is 0.455 e. The van der Waals surface area contributed by atoms with Crippen molar-refractivity contribution in [2.24, 2.45) is 0 Å². The van der Waals surface area contributed by atoms with Gasteiger partial charge in [-0.15, -0.1) is 11.3 Å². The van der Waals surface area contributed by atoms with Crippen LogP contribution in [-0.4, -0.2) is 15.0 Å². The van der Waals surface area contributed by atoms with Gasteiger partial charge in [-0.25, -0.2) is 15.0 Å². The van der Waals surface area contributed by atoms with Crippen LogP contribution in [0.4, 0.5) is 0 Å². The number of nitrogens with zero attached hydrogens (tertiary/aromatic N) is 3. The maximum absolute atomic E-state index is 6.78. The Bertz CT molecular complexity index is 3240. The molecule has 5 heteroatoms. The molecule has 3 heterocycles. The van der Waals surface area contributed by atoms with Crippen molar-refractivity contribution in [3.8, 4) is 67.5 Å². The summed E-state index contributed by atoms with van der Waals surface area (Å²) < 4.78 is 9.16. The van der Waals surface area contributed by atoms with Crippen molar-refractivity contribution in [2.75, 3.05) is 0 Å². The minimum absolute atomic E-state index is 0.593. The Labute approximate surface area is 327 Å². The molecule has 0 radical (unpaired) electrons. The van der Waals surface area contributed by atoms with Crippen molar-refractivity contribution < 1.29 is 4.42 Å². The van der Waals surface area contributed by atoms with Crippen molar-refractivity contribution in [1.82, 2.24) is 15.0 Å². The second-order valence-corrected chi connectivity index (χ2v) is 15.0. The molecule has 56 heavy (non-hydrogen) atoms. The molecule has 0 fully saturated rings. The molecule has 11 aromatic rings. The molecule has 0 spiro atoms. The molecule has 3 aromatic heterocycles. The predicted molar refractivity (Wildman–Crippen MR) is 233 cm³/mol. The van der Waals surface area contributed by atoms with E-state index < -0.39 is 0 Å². The van der Waals surface area contributed by atoms with Gasteiger partial charge in [-0.3, -0.25) is 0 Å². The van der Waals surface area contributed by atoms with Gasteiger partial charge in [0, 0.05) is 53.2 Å². The summed E-state index contributed by atoms with van der Waals surface area (Å²) in [6.07, 6.45) is 0.